The molecule has 0 unspecified atom stereocenters. The van der Waals surface area contributed by atoms with E-state index >= 15 is 0 Å². The van der Waals surface area contributed by atoms with Gasteiger partial charge in [-0.1, -0.05) is 17.7 Å². The van der Waals surface area contributed by atoms with Crippen LogP contribution in [0.5, 0.6) is 11.5 Å². The number of nitrogens with one attached hydrogen (secondary N) is 1. The van der Waals surface area contributed by atoms with Crippen molar-refractivity contribution in [3.8, 4) is 23.0 Å². The van der Waals surface area contributed by atoms with E-state index in [0.29, 0.717) is 60.0 Å². The summed E-state index contributed by atoms with van der Waals surface area (Å²) >= 11 is 5.92. The summed E-state index contributed by atoms with van der Waals surface area (Å²) in [5, 5.41) is 3.45. The van der Waals surface area contributed by atoms with Crippen molar-refractivity contribution >= 4 is 28.3 Å². The third kappa shape index (κ3) is 7.33. The molecular formula is C25H29ClN2O5S. The van der Waals surface area contributed by atoms with E-state index in [9.17, 15) is 9.00 Å². The predicted octanol–water partition coefficient (Wildman–Crippen LogP) is 4.71. The van der Waals surface area contributed by atoms with E-state index in [4.69, 9.17) is 25.5 Å². The minimum absolute atomic E-state index is 0.101. The zero-order valence-electron chi connectivity index (χ0n) is 19.6. The van der Waals surface area contributed by atoms with Gasteiger partial charge in [-0.3, -0.25) is 9.00 Å². The van der Waals surface area contributed by atoms with Crippen LogP contribution < -0.4 is 14.8 Å². The molecule has 0 aliphatic rings. The summed E-state index contributed by atoms with van der Waals surface area (Å²) in [4.78, 5) is 16.7. The molecule has 1 N–H and O–H groups in total. The molecule has 0 spiro atoms. The topological polar surface area (TPSA) is 90.7 Å². The molecule has 182 valence electrons. The van der Waals surface area contributed by atoms with Crippen LogP contribution in [-0.4, -0.2) is 40.6 Å². The largest absolute Gasteiger partial charge is 0.490 e. The highest BCUT2D eigenvalue weighted by molar-refractivity contribution is 7.84. The molecule has 1 aromatic heterocycles. The van der Waals surface area contributed by atoms with Crippen LogP contribution in [0.1, 0.15) is 30.9 Å². The number of carbonyl (C=O) groups is 1. The molecule has 0 radical (unpaired) electrons. The summed E-state index contributed by atoms with van der Waals surface area (Å²) < 4.78 is 29.5. The van der Waals surface area contributed by atoms with Crippen LogP contribution in [0.15, 0.2) is 46.9 Å². The van der Waals surface area contributed by atoms with E-state index in [1.807, 2.05) is 44.2 Å². The maximum absolute atomic E-state index is 12.5. The Kier molecular flexibility index (Phi) is 9.53. The van der Waals surface area contributed by atoms with Crippen molar-refractivity contribution in [3.05, 3.63) is 64.5 Å². The number of aryl methyl sites for hydroxylation is 1. The van der Waals surface area contributed by atoms with Gasteiger partial charge in [0, 0.05) is 27.9 Å². The Morgan fingerprint density at radius 1 is 1.09 bits per heavy atom. The molecule has 34 heavy (non-hydrogen) atoms. The number of carbonyl (C=O) groups excluding carboxylic acids is 1. The van der Waals surface area contributed by atoms with Crippen molar-refractivity contribution in [2.24, 2.45) is 0 Å². The molecule has 0 saturated carbocycles. The number of benzene rings is 2. The van der Waals surface area contributed by atoms with Crippen LogP contribution in [0, 0.1) is 6.92 Å². The fourth-order valence-corrected chi connectivity index (χ4v) is 4.47. The molecule has 7 nitrogen and oxygen atoms in total. The Bertz CT molecular complexity index is 1130. The van der Waals surface area contributed by atoms with E-state index in [0.717, 1.165) is 11.1 Å². The molecule has 0 aliphatic carbocycles. The van der Waals surface area contributed by atoms with Gasteiger partial charge in [-0.25, -0.2) is 4.98 Å². The third-order valence-corrected chi connectivity index (χ3v) is 6.35. The lowest BCUT2D eigenvalue weighted by atomic mass is 10.1. The number of ether oxygens (including phenoxy) is 2. The van der Waals surface area contributed by atoms with Crippen LogP contribution in [0.3, 0.4) is 0 Å². The summed E-state index contributed by atoms with van der Waals surface area (Å²) in [5.74, 6) is 2.19. The fraction of sp³-hybridized carbons (Fsp3) is 0.360. The Balaban J connectivity index is 1.49. The predicted molar refractivity (Wildman–Crippen MR) is 134 cm³/mol. The smallest absolute Gasteiger partial charge is 0.232 e. The Hall–Kier alpha value is -2.84. The lowest BCUT2D eigenvalue weighted by molar-refractivity contribution is -0.118. The van der Waals surface area contributed by atoms with Gasteiger partial charge in [-0.2, -0.15) is 0 Å². The third-order valence-electron chi connectivity index (χ3n) is 4.92. The number of aromatic nitrogens is 1. The molecule has 1 atom stereocenters. The molecule has 2 aromatic carbocycles. The normalized spacial score (nSPS) is 11.8. The minimum atomic E-state index is -1.41. The van der Waals surface area contributed by atoms with Crippen LogP contribution in [-0.2, 0) is 27.8 Å². The SMILES string of the molecule is CCOc1ccc(CCNC(=O)C[S@](=O)Cc2nc(-c3ccc(Cl)cc3)oc2C)cc1OCC. The van der Waals surface area contributed by atoms with Gasteiger partial charge in [0.15, 0.2) is 11.5 Å². The first-order chi connectivity index (χ1) is 16.4. The van der Waals surface area contributed by atoms with Gasteiger partial charge >= 0.3 is 0 Å². The number of halogens is 1. The second-order valence-corrected chi connectivity index (χ2v) is 9.40. The molecule has 3 aromatic rings. The lowest BCUT2D eigenvalue weighted by Gasteiger charge is -2.12. The minimum Gasteiger partial charge on any atom is -0.490 e. The number of hydrogen-bond donors (Lipinski definition) is 1. The number of amides is 1. The number of rotatable bonds is 12. The van der Waals surface area contributed by atoms with Crippen molar-refractivity contribution in [2.75, 3.05) is 25.5 Å². The number of oxazole rings is 1. The highest BCUT2D eigenvalue weighted by atomic mass is 35.5. The average Bonchev–Trinajstić information content (AvgIpc) is 3.16. The quantitative estimate of drug-likeness (QED) is 0.384. The molecule has 1 heterocycles. The summed E-state index contributed by atoms with van der Waals surface area (Å²) in [6, 6.07) is 12.9. The van der Waals surface area contributed by atoms with Crippen molar-refractivity contribution in [1.29, 1.82) is 0 Å². The zero-order valence-corrected chi connectivity index (χ0v) is 21.1. The first-order valence-corrected chi connectivity index (χ1v) is 13.0. The van der Waals surface area contributed by atoms with Crippen molar-refractivity contribution < 1.29 is 22.9 Å². The maximum atomic E-state index is 12.5. The van der Waals surface area contributed by atoms with Gasteiger partial charge in [0.05, 0.1) is 24.7 Å². The van der Waals surface area contributed by atoms with E-state index in [-0.39, 0.29) is 17.4 Å². The molecular weight excluding hydrogens is 476 g/mol. The van der Waals surface area contributed by atoms with E-state index in [1.165, 1.54) is 0 Å². The van der Waals surface area contributed by atoms with Gasteiger partial charge in [-0.15, -0.1) is 0 Å². The van der Waals surface area contributed by atoms with Gasteiger partial charge in [0.2, 0.25) is 11.8 Å². The van der Waals surface area contributed by atoms with Gasteiger partial charge in [0.25, 0.3) is 0 Å². The van der Waals surface area contributed by atoms with Crippen molar-refractivity contribution in [2.45, 2.75) is 32.9 Å². The molecule has 0 aliphatic heterocycles. The van der Waals surface area contributed by atoms with Crippen LogP contribution in [0.25, 0.3) is 11.5 Å². The summed E-state index contributed by atoms with van der Waals surface area (Å²) in [6.07, 6.45) is 0.623. The second kappa shape index (κ2) is 12.6. The number of hydrogen-bond acceptors (Lipinski definition) is 6. The Morgan fingerprint density at radius 2 is 1.79 bits per heavy atom. The van der Waals surface area contributed by atoms with Gasteiger partial charge < -0.3 is 19.2 Å². The average molecular weight is 505 g/mol. The van der Waals surface area contributed by atoms with E-state index in [2.05, 4.69) is 10.3 Å². The standard InChI is InChI=1S/C25H29ClN2O5S/c1-4-31-22-11-6-18(14-23(22)32-5-2)12-13-27-24(29)16-34(30)15-21-17(3)33-25(28-21)19-7-9-20(26)10-8-19/h6-11,14H,4-5,12-13,15-16H2,1-3H3,(H,27,29)/t34-/m1/s1. The highest BCUT2D eigenvalue weighted by Crippen LogP contribution is 2.28. The van der Waals surface area contributed by atoms with Crippen molar-refractivity contribution in [3.63, 3.8) is 0 Å². The van der Waals surface area contributed by atoms with Crippen LogP contribution >= 0.6 is 11.6 Å². The molecule has 1 amide bonds. The fourth-order valence-electron chi connectivity index (χ4n) is 3.28. The van der Waals surface area contributed by atoms with Crippen LogP contribution in [0.2, 0.25) is 5.02 Å². The lowest BCUT2D eigenvalue weighted by Crippen LogP contribution is -2.30. The molecule has 3 rings (SSSR count). The molecule has 0 fully saturated rings. The Morgan fingerprint density at radius 3 is 2.50 bits per heavy atom. The first-order valence-electron chi connectivity index (χ1n) is 11.1. The van der Waals surface area contributed by atoms with E-state index < -0.39 is 10.8 Å². The monoisotopic (exact) mass is 504 g/mol. The maximum Gasteiger partial charge on any atom is 0.232 e. The Labute approximate surface area is 207 Å². The molecule has 9 heteroatoms. The second-order valence-electron chi connectivity index (χ2n) is 7.50. The number of nitrogens with zero attached hydrogens (tertiary/aromatic N) is 1. The summed E-state index contributed by atoms with van der Waals surface area (Å²) in [7, 11) is -1.41. The van der Waals surface area contributed by atoms with Gasteiger partial charge in [0.1, 0.15) is 11.5 Å². The van der Waals surface area contributed by atoms with E-state index in [1.54, 1.807) is 19.1 Å². The first kappa shape index (κ1) is 25.8. The molecule has 0 saturated heterocycles. The zero-order chi connectivity index (χ0) is 24.5. The summed E-state index contributed by atoms with van der Waals surface area (Å²) in [6.45, 7) is 7.14. The highest BCUT2D eigenvalue weighted by Gasteiger charge is 2.16. The van der Waals surface area contributed by atoms with Crippen molar-refractivity contribution in [1.82, 2.24) is 10.3 Å². The van der Waals surface area contributed by atoms with Gasteiger partial charge in [-0.05, 0) is 69.2 Å². The summed E-state index contributed by atoms with van der Waals surface area (Å²) in [5.41, 5.74) is 2.37. The van der Waals surface area contributed by atoms with Crippen LogP contribution in [0.4, 0.5) is 0 Å². The molecule has 0 bridgehead atoms.